The van der Waals surface area contributed by atoms with Gasteiger partial charge in [0.25, 0.3) is 5.91 Å². The number of fused-ring (bicyclic) bond motifs is 1. The Morgan fingerprint density at radius 2 is 1.96 bits per heavy atom. The first kappa shape index (κ1) is 20.2. The molecule has 3 aromatic rings. The van der Waals surface area contributed by atoms with E-state index in [1.807, 2.05) is 5.43 Å². The van der Waals surface area contributed by atoms with E-state index in [4.69, 9.17) is 29.0 Å². The van der Waals surface area contributed by atoms with Crippen molar-refractivity contribution in [3.63, 3.8) is 0 Å². The normalized spacial score (nSPS) is 12.1. The number of benzene rings is 2. The molecule has 0 atom stereocenters. The molecule has 146 valence electrons. The van der Waals surface area contributed by atoms with Crippen LogP contribution in [0.1, 0.15) is 16.8 Å². The van der Waals surface area contributed by atoms with Gasteiger partial charge in [-0.3, -0.25) is 10.2 Å². The Morgan fingerprint density at radius 1 is 1.21 bits per heavy atom. The highest BCUT2D eigenvalue weighted by Crippen LogP contribution is 2.33. The van der Waals surface area contributed by atoms with Crippen molar-refractivity contribution in [2.24, 2.45) is 5.84 Å². The molecule has 10 heteroatoms. The van der Waals surface area contributed by atoms with Gasteiger partial charge in [-0.1, -0.05) is 41.4 Å². The molecule has 1 aromatic heterocycles. The number of carbonyl (C=O) groups is 1. The molecule has 5 nitrogen and oxygen atoms in total. The number of aromatic nitrogens is 2. The number of hydrogen-bond acceptors (Lipinski definition) is 3. The van der Waals surface area contributed by atoms with E-state index >= 15 is 0 Å². The molecule has 0 unspecified atom stereocenters. The lowest BCUT2D eigenvalue weighted by Gasteiger charge is -2.09. The summed E-state index contributed by atoms with van der Waals surface area (Å²) in [4.78, 5) is 11.4. The molecule has 0 fully saturated rings. The summed E-state index contributed by atoms with van der Waals surface area (Å²) in [5.74, 6) is 4.33. The number of alkyl halides is 3. The summed E-state index contributed by atoms with van der Waals surface area (Å²) in [6.45, 7) is 0. The van der Waals surface area contributed by atoms with Crippen LogP contribution in [0, 0.1) is 0 Å². The second-order valence-electron chi connectivity index (χ2n) is 5.83. The number of halogens is 5. The monoisotopic (exact) mass is 428 g/mol. The van der Waals surface area contributed by atoms with E-state index in [2.05, 4.69) is 5.10 Å². The highest BCUT2D eigenvalue weighted by atomic mass is 35.5. The van der Waals surface area contributed by atoms with Gasteiger partial charge in [-0.2, -0.15) is 9.78 Å². The predicted molar refractivity (Wildman–Crippen MR) is 102 cm³/mol. The Hall–Kier alpha value is -2.55. The third kappa shape index (κ3) is 4.14. The van der Waals surface area contributed by atoms with Gasteiger partial charge in [0.15, 0.2) is 0 Å². The maximum Gasteiger partial charge on any atom is 0.505 e. The molecule has 0 spiro atoms. The van der Waals surface area contributed by atoms with Gasteiger partial charge < -0.3 is 0 Å². The van der Waals surface area contributed by atoms with Crippen LogP contribution in [0.3, 0.4) is 0 Å². The van der Waals surface area contributed by atoms with Crippen molar-refractivity contribution in [1.29, 1.82) is 0 Å². The number of rotatable bonds is 4. The SMILES string of the molecule is NNC(=O)/C=C/c1nn(C(F)(F)F)c2cccc(Cc3ccc(Cl)cc3Cl)c12. The van der Waals surface area contributed by atoms with Gasteiger partial charge in [0.1, 0.15) is 0 Å². The summed E-state index contributed by atoms with van der Waals surface area (Å²) in [6, 6.07) is 9.40. The Morgan fingerprint density at radius 3 is 2.61 bits per heavy atom. The van der Waals surface area contributed by atoms with Crippen LogP contribution in [0.15, 0.2) is 42.5 Å². The number of carbonyl (C=O) groups excluding carboxylic acids is 1. The van der Waals surface area contributed by atoms with E-state index in [9.17, 15) is 18.0 Å². The molecular weight excluding hydrogens is 416 g/mol. The third-order valence-corrected chi connectivity index (χ3v) is 4.58. The van der Waals surface area contributed by atoms with Crippen LogP contribution in [-0.2, 0) is 17.5 Å². The number of nitrogens with zero attached hydrogens (tertiary/aromatic N) is 2. The lowest BCUT2D eigenvalue weighted by Crippen LogP contribution is -2.27. The highest BCUT2D eigenvalue weighted by Gasteiger charge is 2.34. The summed E-state index contributed by atoms with van der Waals surface area (Å²) in [5, 5.41) is 4.74. The Labute approximate surface area is 167 Å². The fourth-order valence-electron chi connectivity index (χ4n) is 2.80. The number of nitrogens with one attached hydrogen (secondary N) is 1. The van der Waals surface area contributed by atoms with Crippen molar-refractivity contribution in [2.75, 3.05) is 0 Å². The topological polar surface area (TPSA) is 72.9 Å². The lowest BCUT2D eigenvalue weighted by molar-refractivity contribution is -0.209. The third-order valence-electron chi connectivity index (χ3n) is 3.99. The van der Waals surface area contributed by atoms with Crippen molar-refractivity contribution >= 4 is 46.1 Å². The van der Waals surface area contributed by atoms with Crippen molar-refractivity contribution in [1.82, 2.24) is 15.2 Å². The number of nitrogens with two attached hydrogens (primary N) is 1. The summed E-state index contributed by atoms with van der Waals surface area (Å²) >= 11 is 12.1. The quantitative estimate of drug-likeness (QED) is 0.279. The van der Waals surface area contributed by atoms with E-state index in [0.717, 1.165) is 6.08 Å². The largest absolute Gasteiger partial charge is 0.505 e. The van der Waals surface area contributed by atoms with E-state index in [-0.39, 0.29) is 27.7 Å². The molecule has 0 radical (unpaired) electrons. The van der Waals surface area contributed by atoms with Crippen molar-refractivity contribution in [2.45, 2.75) is 12.7 Å². The molecule has 3 N–H and O–H groups in total. The molecule has 0 saturated heterocycles. The molecule has 0 aliphatic heterocycles. The Bertz CT molecular complexity index is 1080. The van der Waals surface area contributed by atoms with Gasteiger partial charge in [-0.05, 0) is 41.8 Å². The van der Waals surface area contributed by atoms with Crippen LogP contribution in [0.4, 0.5) is 13.2 Å². The van der Waals surface area contributed by atoms with Gasteiger partial charge >= 0.3 is 6.30 Å². The number of amides is 1. The first-order valence-electron chi connectivity index (χ1n) is 7.91. The maximum absolute atomic E-state index is 13.4. The van der Waals surface area contributed by atoms with E-state index in [1.54, 1.807) is 24.3 Å². The summed E-state index contributed by atoms with van der Waals surface area (Å²) in [7, 11) is 0. The molecule has 0 bridgehead atoms. The second-order valence-corrected chi connectivity index (χ2v) is 6.67. The highest BCUT2D eigenvalue weighted by molar-refractivity contribution is 6.35. The summed E-state index contributed by atoms with van der Waals surface area (Å²) in [5.41, 5.74) is 2.97. The zero-order chi connectivity index (χ0) is 20.5. The predicted octanol–water partition coefficient (Wildman–Crippen LogP) is 4.41. The smallest absolute Gasteiger partial charge is 0.291 e. The van der Waals surface area contributed by atoms with Crippen LogP contribution in [0.2, 0.25) is 10.0 Å². The van der Waals surface area contributed by atoms with E-state index < -0.39 is 12.2 Å². The molecule has 3 rings (SSSR count). The Balaban J connectivity index is 2.18. The Kier molecular flexibility index (Phi) is 5.64. The van der Waals surface area contributed by atoms with E-state index in [1.165, 1.54) is 18.2 Å². The zero-order valence-corrected chi connectivity index (χ0v) is 15.6. The van der Waals surface area contributed by atoms with Crippen LogP contribution in [0.25, 0.3) is 17.0 Å². The molecule has 0 aliphatic rings. The second kappa shape index (κ2) is 7.83. The first-order chi connectivity index (χ1) is 13.2. The van der Waals surface area contributed by atoms with Crippen LogP contribution in [0.5, 0.6) is 0 Å². The first-order valence-corrected chi connectivity index (χ1v) is 8.66. The molecule has 0 aliphatic carbocycles. The average Bonchev–Trinajstić information content (AvgIpc) is 3.02. The minimum atomic E-state index is -4.73. The van der Waals surface area contributed by atoms with Crippen LogP contribution in [-0.4, -0.2) is 15.7 Å². The van der Waals surface area contributed by atoms with Crippen molar-refractivity contribution in [3.05, 3.63) is 69.3 Å². The van der Waals surface area contributed by atoms with Gasteiger partial charge in [-0.15, -0.1) is 13.2 Å². The summed E-state index contributed by atoms with van der Waals surface area (Å²) in [6.07, 6.45) is -2.29. The molecule has 1 amide bonds. The van der Waals surface area contributed by atoms with Crippen LogP contribution >= 0.6 is 23.2 Å². The van der Waals surface area contributed by atoms with Crippen molar-refractivity contribution in [3.8, 4) is 0 Å². The van der Waals surface area contributed by atoms with Crippen molar-refractivity contribution < 1.29 is 18.0 Å². The standard InChI is InChI=1S/C18H13Cl2F3N4O/c19-12-5-4-10(13(20)9-12)8-11-2-1-3-15-17(11)14(6-7-16(28)25-24)26-27(15)18(21,22)23/h1-7,9H,8,24H2,(H,25,28)/b7-6+. The van der Waals surface area contributed by atoms with Gasteiger partial charge in [0.2, 0.25) is 0 Å². The fraction of sp³-hybridized carbons (Fsp3) is 0.111. The number of hydrogen-bond donors (Lipinski definition) is 2. The van der Waals surface area contributed by atoms with E-state index in [0.29, 0.717) is 21.2 Å². The molecular formula is C18H13Cl2F3N4O. The molecule has 28 heavy (non-hydrogen) atoms. The maximum atomic E-state index is 13.4. The van der Waals surface area contributed by atoms with Gasteiger partial charge in [-0.25, -0.2) is 5.84 Å². The fourth-order valence-corrected chi connectivity index (χ4v) is 3.28. The summed E-state index contributed by atoms with van der Waals surface area (Å²) < 4.78 is 40.2. The minimum absolute atomic E-state index is 0.0170. The minimum Gasteiger partial charge on any atom is -0.291 e. The molecule has 1 heterocycles. The lowest BCUT2D eigenvalue weighted by atomic mass is 10.00. The number of hydrazine groups is 1. The van der Waals surface area contributed by atoms with Gasteiger partial charge in [0, 0.05) is 21.5 Å². The van der Waals surface area contributed by atoms with Crippen LogP contribution < -0.4 is 11.3 Å². The molecule has 0 saturated carbocycles. The van der Waals surface area contributed by atoms with Gasteiger partial charge in [0.05, 0.1) is 11.2 Å². The molecule has 2 aromatic carbocycles. The average molecular weight is 429 g/mol. The zero-order valence-electron chi connectivity index (χ0n) is 14.1.